The molecule has 0 radical (unpaired) electrons. The molecule has 1 aromatic heterocycles. The van der Waals surface area contributed by atoms with Crippen LogP contribution in [0.2, 0.25) is 0 Å². The highest BCUT2D eigenvalue weighted by atomic mass is 16.5. The molecule has 1 N–H and O–H groups in total. The molecule has 2 atom stereocenters. The van der Waals surface area contributed by atoms with E-state index in [4.69, 9.17) is 14.2 Å². The summed E-state index contributed by atoms with van der Waals surface area (Å²) in [6.07, 6.45) is 6.24. The number of anilines is 2. The third kappa shape index (κ3) is 6.27. The minimum absolute atomic E-state index is 0.249. The van der Waals surface area contributed by atoms with E-state index in [9.17, 15) is 0 Å². The Hall–Kier alpha value is -1.48. The van der Waals surface area contributed by atoms with Gasteiger partial charge in [-0.2, -0.15) is 0 Å². The average Bonchev–Trinajstić information content (AvgIpc) is 3.11. The second-order valence-electron chi connectivity index (χ2n) is 7.89. The van der Waals surface area contributed by atoms with Crippen LogP contribution in [0.1, 0.15) is 25.7 Å². The van der Waals surface area contributed by atoms with Gasteiger partial charge in [0, 0.05) is 58.7 Å². The molecule has 0 unspecified atom stereocenters. The second kappa shape index (κ2) is 10.9. The zero-order chi connectivity index (χ0) is 19.8. The van der Waals surface area contributed by atoms with Crippen LogP contribution in [0, 0.1) is 0 Å². The van der Waals surface area contributed by atoms with Crippen molar-refractivity contribution < 1.29 is 14.2 Å². The van der Waals surface area contributed by atoms with Crippen LogP contribution in [0.15, 0.2) is 12.4 Å². The van der Waals surface area contributed by atoms with Gasteiger partial charge in [0.05, 0.1) is 12.2 Å². The number of ether oxygens (including phenoxy) is 3. The number of rotatable bonds is 10. The number of hydrogen-bond donors (Lipinski definition) is 1. The van der Waals surface area contributed by atoms with Crippen LogP contribution in [-0.2, 0) is 14.2 Å². The van der Waals surface area contributed by atoms with Gasteiger partial charge < -0.3 is 29.3 Å². The first kappa shape index (κ1) is 21.2. The fourth-order valence-corrected chi connectivity index (χ4v) is 3.90. The maximum Gasteiger partial charge on any atom is 0.134 e. The first-order chi connectivity index (χ1) is 13.7. The van der Waals surface area contributed by atoms with E-state index in [0.29, 0.717) is 12.1 Å². The Balaban J connectivity index is 1.47. The monoisotopic (exact) mass is 393 g/mol. The van der Waals surface area contributed by atoms with Crippen LogP contribution < -0.4 is 10.2 Å². The van der Waals surface area contributed by atoms with E-state index in [1.165, 1.54) is 0 Å². The summed E-state index contributed by atoms with van der Waals surface area (Å²) in [5, 5.41) is 3.40. The molecule has 8 nitrogen and oxygen atoms in total. The molecule has 0 aromatic carbocycles. The molecule has 0 amide bonds. The Morgan fingerprint density at radius 1 is 1.25 bits per heavy atom. The van der Waals surface area contributed by atoms with E-state index in [-0.39, 0.29) is 6.10 Å². The third-order valence-electron chi connectivity index (χ3n) is 5.38. The largest absolute Gasteiger partial charge is 0.381 e. The zero-order valence-corrected chi connectivity index (χ0v) is 17.5. The summed E-state index contributed by atoms with van der Waals surface area (Å²) in [7, 11) is 6.00. The first-order valence-corrected chi connectivity index (χ1v) is 10.3. The van der Waals surface area contributed by atoms with Crippen molar-refractivity contribution in [2.45, 2.75) is 43.9 Å². The Morgan fingerprint density at radius 3 is 2.82 bits per heavy atom. The molecule has 2 aliphatic heterocycles. The molecule has 0 spiro atoms. The van der Waals surface area contributed by atoms with Crippen LogP contribution >= 0.6 is 0 Å². The van der Waals surface area contributed by atoms with E-state index >= 15 is 0 Å². The predicted octanol–water partition coefficient (Wildman–Crippen LogP) is 1.63. The van der Waals surface area contributed by atoms with Gasteiger partial charge in [0.25, 0.3) is 0 Å². The van der Waals surface area contributed by atoms with Gasteiger partial charge in [-0.1, -0.05) is 0 Å². The lowest BCUT2D eigenvalue weighted by Crippen LogP contribution is -2.38. The minimum Gasteiger partial charge on any atom is -0.381 e. The predicted molar refractivity (Wildman–Crippen MR) is 110 cm³/mol. The summed E-state index contributed by atoms with van der Waals surface area (Å²) in [6.45, 7) is 5.09. The molecule has 158 valence electrons. The number of likely N-dealkylation sites (N-methyl/N-ethyl adjacent to an activating group) is 1. The quantitative estimate of drug-likeness (QED) is 0.602. The zero-order valence-electron chi connectivity index (χ0n) is 17.5. The fourth-order valence-electron chi connectivity index (χ4n) is 3.90. The Morgan fingerprint density at radius 2 is 2.07 bits per heavy atom. The Bertz CT molecular complexity index is 583. The van der Waals surface area contributed by atoms with Gasteiger partial charge in [0.2, 0.25) is 0 Å². The molecule has 1 aromatic rings. The second-order valence-corrected chi connectivity index (χ2v) is 7.89. The number of aromatic nitrogens is 2. The number of nitrogens with zero attached hydrogens (tertiary/aromatic N) is 4. The van der Waals surface area contributed by atoms with E-state index in [0.717, 1.165) is 76.8 Å². The average molecular weight is 394 g/mol. The smallest absolute Gasteiger partial charge is 0.134 e. The highest BCUT2D eigenvalue weighted by molar-refractivity contribution is 5.50. The normalized spacial score (nSPS) is 23.5. The van der Waals surface area contributed by atoms with Gasteiger partial charge in [-0.05, 0) is 39.8 Å². The number of methoxy groups -OCH3 is 1. The molecule has 3 rings (SSSR count). The topological polar surface area (TPSA) is 72.0 Å². The van der Waals surface area contributed by atoms with Crippen molar-refractivity contribution in [2.75, 3.05) is 70.9 Å². The lowest BCUT2D eigenvalue weighted by molar-refractivity contribution is -0.0316. The van der Waals surface area contributed by atoms with Crippen LogP contribution in [0.5, 0.6) is 0 Å². The summed E-state index contributed by atoms with van der Waals surface area (Å²) in [4.78, 5) is 13.5. The summed E-state index contributed by atoms with van der Waals surface area (Å²) in [5.41, 5.74) is 0. The number of nitrogens with one attached hydrogen (secondary N) is 1. The Kier molecular flexibility index (Phi) is 8.27. The van der Waals surface area contributed by atoms with Gasteiger partial charge >= 0.3 is 0 Å². The van der Waals surface area contributed by atoms with Crippen LogP contribution in [0.4, 0.5) is 11.6 Å². The van der Waals surface area contributed by atoms with Crippen molar-refractivity contribution in [3.05, 3.63) is 12.4 Å². The van der Waals surface area contributed by atoms with Gasteiger partial charge in [-0.3, -0.25) is 0 Å². The molecule has 2 saturated heterocycles. The SMILES string of the molecule is CO[C@H]1C[C@@H](CN(C)C)N(c2cc(NCCCOC3CCOCC3)ncn2)C1. The molecule has 2 aliphatic rings. The van der Waals surface area contributed by atoms with Crippen LogP contribution in [0.3, 0.4) is 0 Å². The van der Waals surface area contributed by atoms with Crippen molar-refractivity contribution in [1.82, 2.24) is 14.9 Å². The highest BCUT2D eigenvalue weighted by Crippen LogP contribution is 2.27. The van der Waals surface area contributed by atoms with Crippen LogP contribution in [-0.4, -0.2) is 93.8 Å². The van der Waals surface area contributed by atoms with Crippen molar-refractivity contribution in [1.29, 1.82) is 0 Å². The van der Waals surface area contributed by atoms with Crippen molar-refractivity contribution >= 4 is 11.6 Å². The third-order valence-corrected chi connectivity index (χ3v) is 5.38. The van der Waals surface area contributed by atoms with E-state index in [1.807, 2.05) is 6.07 Å². The van der Waals surface area contributed by atoms with Gasteiger partial charge in [-0.25, -0.2) is 9.97 Å². The maximum absolute atomic E-state index is 5.92. The summed E-state index contributed by atoms with van der Waals surface area (Å²) in [6, 6.07) is 2.44. The van der Waals surface area contributed by atoms with Gasteiger partial charge in [-0.15, -0.1) is 0 Å². The summed E-state index contributed by atoms with van der Waals surface area (Å²) in [5.74, 6) is 1.82. The summed E-state index contributed by atoms with van der Waals surface area (Å²) >= 11 is 0. The standard InChI is InChI=1S/C20H35N5O3/c1-24(2)13-16-11-18(26-3)14-25(16)20-12-19(22-15-23-20)21-7-4-8-28-17-5-9-27-10-6-17/h12,15-18H,4-11,13-14H2,1-3H3,(H,21,22,23)/t16-,18-/m0/s1. The van der Waals surface area contributed by atoms with E-state index < -0.39 is 0 Å². The van der Waals surface area contributed by atoms with E-state index in [2.05, 4.69) is 39.2 Å². The van der Waals surface area contributed by atoms with Crippen molar-refractivity contribution in [3.63, 3.8) is 0 Å². The molecule has 3 heterocycles. The van der Waals surface area contributed by atoms with Crippen molar-refractivity contribution in [2.24, 2.45) is 0 Å². The molecule has 8 heteroatoms. The summed E-state index contributed by atoms with van der Waals surface area (Å²) < 4.78 is 16.9. The van der Waals surface area contributed by atoms with Gasteiger partial charge in [0.15, 0.2) is 0 Å². The molecular formula is C20H35N5O3. The van der Waals surface area contributed by atoms with Crippen molar-refractivity contribution in [3.8, 4) is 0 Å². The minimum atomic E-state index is 0.249. The lowest BCUT2D eigenvalue weighted by atomic mass is 10.1. The maximum atomic E-state index is 5.92. The highest BCUT2D eigenvalue weighted by Gasteiger charge is 2.33. The van der Waals surface area contributed by atoms with E-state index in [1.54, 1.807) is 13.4 Å². The lowest BCUT2D eigenvalue weighted by Gasteiger charge is -2.27. The van der Waals surface area contributed by atoms with Gasteiger partial charge in [0.1, 0.15) is 18.0 Å². The first-order valence-electron chi connectivity index (χ1n) is 10.3. The fraction of sp³-hybridized carbons (Fsp3) is 0.800. The molecule has 2 fully saturated rings. The molecule has 0 bridgehead atoms. The molecule has 0 aliphatic carbocycles. The molecular weight excluding hydrogens is 358 g/mol. The number of hydrogen-bond acceptors (Lipinski definition) is 8. The van der Waals surface area contributed by atoms with Crippen LogP contribution in [0.25, 0.3) is 0 Å². The molecule has 28 heavy (non-hydrogen) atoms. The Labute approximate surface area is 168 Å². The molecule has 0 saturated carbocycles.